The van der Waals surface area contributed by atoms with E-state index in [0.717, 1.165) is 11.8 Å². The Labute approximate surface area is 109 Å². The summed E-state index contributed by atoms with van der Waals surface area (Å²) < 4.78 is 0. The molecule has 1 aliphatic carbocycles. The molecule has 1 saturated carbocycles. The number of amides is 1. The second-order valence-electron chi connectivity index (χ2n) is 4.15. The third-order valence-electron chi connectivity index (χ3n) is 2.68. The summed E-state index contributed by atoms with van der Waals surface area (Å²) in [6.07, 6.45) is 2.08. The molecule has 0 spiro atoms. The fourth-order valence-corrected chi connectivity index (χ4v) is 2.29. The van der Waals surface area contributed by atoms with Gasteiger partial charge in [0.1, 0.15) is 6.10 Å². The van der Waals surface area contributed by atoms with Gasteiger partial charge in [0.2, 0.25) is 5.91 Å². The van der Waals surface area contributed by atoms with Crippen LogP contribution in [0.3, 0.4) is 0 Å². The second kappa shape index (κ2) is 7.20. The standard InChI is InChI=1S/C10H16N2O5S/c1-7(13)18-6-10(14)11-8-2-4-9(5-3-8)17-12(15)16/h8-9H,2-6H2,1H3,(H,11,14). The second-order valence-corrected chi connectivity index (χ2v) is 5.30. The number of hydrogen-bond acceptors (Lipinski definition) is 6. The lowest BCUT2D eigenvalue weighted by Gasteiger charge is -2.27. The molecule has 8 heteroatoms. The molecule has 1 aliphatic rings. The molecule has 1 fully saturated rings. The highest BCUT2D eigenvalue weighted by atomic mass is 32.2. The third-order valence-corrected chi connectivity index (χ3v) is 3.49. The minimum atomic E-state index is -0.771. The topological polar surface area (TPSA) is 98.5 Å². The van der Waals surface area contributed by atoms with E-state index in [1.165, 1.54) is 6.92 Å². The Bertz CT molecular complexity index is 328. The number of rotatable bonds is 5. The Hall–Kier alpha value is -1.31. The van der Waals surface area contributed by atoms with E-state index in [1.54, 1.807) is 0 Å². The van der Waals surface area contributed by atoms with Crippen molar-refractivity contribution in [3.05, 3.63) is 10.1 Å². The maximum atomic E-state index is 11.5. The first kappa shape index (κ1) is 14.7. The van der Waals surface area contributed by atoms with Gasteiger partial charge in [0.15, 0.2) is 5.12 Å². The van der Waals surface area contributed by atoms with Crippen LogP contribution in [0.1, 0.15) is 32.6 Å². The highest BCUT2D eigenvalue weighted by Crippen LogP contribution is 2.21. The molecule has 7 nitrogen and oxygen atoms in total. The summed E-state index contributed by atoms with van der Waals surface area (Å²) in [5.41, 5.74) is 0. The van der Waals surface area contributed by atoms with Gasteiger partial charge in [-0.25, -0.2) is 0 Å². The molecule has 0 saturated heterocycles. The number of nitrogens with zero attached hydrogens (tertiary/aromatic N) is 1. The number of hydrogen-bond donors (Lipinski definition) is 1. The van der Waals surface area contributed by atoms with Crippen molar-refractivity contribution in [3.8, 4) is 0 Å². The molecule has 18 heavy (non-hydrogen) atoms. The fourth-order valence-electron chi connectivity index (χ4n) is 1.87. The van der Waals surface area contributed by atoms with Gasteiger partial charge in [-0.1, -0.05) is 11.8 Å². The highest BCUT2D eigenvalue weighted by Gasteiger charge is 2.24. The van der Waals surface area contributed by atoms with E-state index in [0.29, 0.717) is 25.7 Å². The van der Waals surface area contributed by atoms with Crippen LogP contribution in [0.15, 0.2) is 0 Å². The molecule has 0 aromatic rings. The van der Waals surface area contributed by atoms with E-state index in [-0.39, 0.29) is 28.9 Å². The average Bonchev–Trinajstić information content (AvgIpc) is 2.28. The third kappa shape index (κ3) is 5.85. The van der Waals surface area contributed by atoms with Crippen molar-refractivity contribution >= 4 is 22.8 Å². The lowest BCUT2D eigenvalue weighted by molar-refractivity contribution is -0.769. The van der Waals surface area contributed by atoms with Gasteiger partial charge < -0.3 is 10.2 Å². The van der Waals surface area contributed by atoms with Crippen LogP contribution >= 0.6 is 11.8 Å². The van der Waals surface area contributed by atoms with Gasteiger partial charge in [-0.15, -0.1) is 10.1 Å². The van der Waals surface area contributed by atoms with Gasteiger partial charge in [-0.2, -0.15) is 0 Å². The first-order valence-electron chi connectivity index (χ1n) is 5.71. The first-order valence-corrected chi connectivity index (χ1v) is 6.70. The molecular formula is C10H16N2O5S. The van der Waals surface area contributed by atoms with Gasteiger partial charge in [-0.05, 0) is 25.7 Å². The van der Waals surface area contributed by atoms with Crippen molar-refractivity contribution < 1.29 is 19.5 Å². The van der Waals surface area contributed by atoms with E-state index in [9.17, 15) is 19.7 Å². The Morgan fingerprint density at radius 3 is 2.50 bits per heavy atom. The number of thioether (sulfide) groups is 1. The Morgan fingerprint density at radius 2 is 2.00 bits per heavy atom. The minimum Gasteiger partial charge on any atom is -0.353 e. The van der Waals surface area contributed by atoms with Crippen molar-refractivity contribution in [3.63, 3.8) is 0 Å². The maximum Gasteiger partial charge on any atom is 0.294 e. The number of nitrogens with one attached hydrogen (secondary N) is 1. The normalized spacial score (nSPS) is 23.2. The molecule has 1 amide bonds. The predicted octanol–water partition coefficient (Wildman–Crippen LogP) is 0.902. The zero-order chi connectivity index (χ0) is 13.5. The fraction of sp³-hybridized carbons (Fsp3) is 0.800. The van der Waals surface area contributed by atoms with Gasteiger partial charge in [0.25, 0.3) is 5.09 Å². The molecule has 0 aromatic carbocycles. The smallest absolute Gasteiger partial charge is 0.294 e. The summed E-state index contributed by atoms with van der Waals surface area (Å²) >= 11 is 0.972. The van der Waals surface area contributed by atoms with Crippen LogP contribution in [0.2, 0.25) is 0 Å². The van der Waals surface area contributed by atoms with Gasteiger partial charge >= 0.3 is 0 Å². The molecule has 0 aromatic heterocycles. The predicted molar refractivity (Wildman–Crippen MR) is 65.4 cm³/mol. The summed E-state index contributed by atoms with van der Waals surface area (Å²) in [7, 11) is 0. The van der Waals surface area contributed by atoms with Gasteiger partial charge in [0, 0.05) is 13.0 Å². The Balaban J connectivity index is 2.20. The van der Waals surface area contributed by atoms with Crippen molar-refractivity contribution in [2.75, 3.05) is 5.75 Å². The molecule has 0 unspecified atom stereocenters. The molecule has 0 radical (unpaired) electrons. The first-order chi connectivity index (χ1) is 8.47. The monoisotopic (exact) mass is 276 g/mol. The average molecular weight is 276 g/mol. The number of carbonyl (C=O) groups excluding carboxylic acids is 2. The molecular weight excluding hydrogens is 260 g/mol. The maximum absolute atomic E-state index is 11.5. The Kier molecular flexibility index (Phi) is 5.90. The molecule has 0 bridgehead atoms. The zero-order valence-corrected chi connectivity index (χ0v) is 10.9. The quantitative estimate of drug-likeness (QED) is 0.591. The summed E-state index contributed by atoms with van der Waals surface area (Å²) in [5.74, 6) is -0.0467. The molecule has 1 N–H and O–H groups in total. The summed E-state index contributed by atoms with van der Waals surface area (Å²) in [6.45, 7) is 1.41. The van der Waals surface area contributed by atoms with E-state index >= 15 is 0 Å². The van der Waals surface area contributed by atoms with Crippen LogP contribution in [-0.4, -0.2) is 34.0 Å². The number of carbonyl (C=O) groups is 2. The van der Waals surface area contributed by atoms with Crippen LogP contribution in [0.4, 0.5) is 0 Å². The molecule has 0 atom stereocenters. The molecule has 0 heterocycles. The lowest BCUT2D eigenvalue weighted by atomic mass is 9.93. The molecule has 1 rings (SSSR count). The largest absolute Gasteiger partial charge is 0.353 e. The van der Waals surface area contributed by atoms with E-state index in [2.05, 4.69) is 10.2 Å². The summed E-state index contributed by atoms with van der Waals surface area (Å²) in [4.78, 5) is 36.8. The summed E-state index contributed by atoms with van der Waals surface area (Å²) in [5, 5.41) is 12.1. The SMILES string of the molecule is CC(=O)SCC(=O)NC1CCC(O[N+](=O)[O-])CC1. The van der Waals surface area contributed by atoms with E-state index in [4.69, 9.17) is 0 Å². The summed E-state index contributed by atoms with van der Waals surface area (Å²) in [6, 6.07) is 0.0247. The molecule has 102 valence electrons. The van der Waals surface area contributed by atoms with Crippen LogP contribution in [0.5, 0.6) is 0 Å². The van der Waals surface area contributed by atoms with Gasteiger partial charge in [0.05, 0.1) is 5.75 Å². The Morgan fingerprint density at radius 1 is 1.39 bits per heavy atom. The van der Waals surface area contributed by atoms with E-state index in [1.807, 2.05) is 0 Å². The van der Waals surface area contributed by atoms with Crippen molar-refractivity contribution in [1.82, 2.24) is 5.32 Å². The van der Waals surface area contributed by atoms with Gasteiger partial charge in [-0.3, -0.25) is 9.59 Å². The van der Waals surface area contributed by atoms with Crippen molar-refractivity contribution in [2.45, 2.75) is 44.8 Å². The highest BCUT2D eigenvalue weighted by molar-refractivity contribution is 8.14. The van der Waals surface area contributed by atoms with Crippen LogP contribution in [0, 0.1) is 10.1 Å². The van der Waals surface area contributed by atoms with Crippen LogP contribution in [-0.2, 0) is 14.4 Å². The molecule has 0 aliphatic heterocycles. The lowest BCUT2D eigenvalue weighted by Crippen LogP contribution is -2.40. The van der Waals surface area contributed by atoms with Crippen molar-refractivity contribution in [2.24, 2.45) is 0 Å². The van der Waals surface area contributed by atoms with Crippen molar-refractivity contribution in [1.29, 1.82) is 0 Å². The van der Waals surface area contributed by atoms with Crippen LogP contribution in [0.25, 0.3) is 0 Å². The van der Waals surface area contributed by atoms with Crippen LogP contribution < -0.4 is 5.32 Å². The van der Waals surface area contributed by atoms with E-state index < -0.39 is 5.09 Å². The zero-order valence-electron chi connectivity index (χ0n) is 10.1. The minimum absolute atomic E-state index is 0.0247.